The van der Waals surface area contributed by atoms with Crippen LogP contribution in [0.3, 0.4) is 0 Å². The second kappa shape index (κ2) is 6.06. The van der Waals surface area contributed by atoms with Crippen molar-refractivity contribution in [2.24, 2.45) is 5.73 Å². The molecule has 0 saturated carbocycles. The fourth-order valence-electron chi connectivity index (χ4n) is 2.20. The molecular weight excluding hydrogens is 280 g/mol. The number of hydrogen-bond acceptors (Lipinski definition) is 2. The zero-order valence-corrected chi connectivity index (χ0v) is 13.2. The van der Waals surface area contributed by atoms with Crippen LogP contribution < -0.4 is 10.6 Å². The van der Waals surface area contributed by atoms with E-state index >= 15 is 0 Å². The van der Waals surface area contributed by atoms with Crippen molar-refractivity contribution in [3.63, 3.8) is 0 Å². The van der Waals surface area contributed by atoms with Gasteiger partial charge in [-0.2, -0.15) is 0 Å². The third-order valence-corrected chi connectivity index (χ3v) is 3.69. The molecule has 0 saturated heterocycles. The first kappa shape index (κ1) is 15.2. The van der Waals surface area contributed by atoms with E-state index in [4.69, 9.17) is 18.0 Å². The van der Waals surface area contributed by atoms with Gasteiger partial charge in [0, 0.05) is 23.9 Å². The second-order valence-corrected chi connectivity index (χ2v) is 5.53. The molecule has 2 aromatic rings. The van der Waals surface area contributed by atoms with E-state index < -0.39 is 0 Å². The minimum atomic E-state index is -0.0319. The van der Waals surface area contributed by atoms with Crippen molar-refractivity contribution in [1.29, 1.82) is 0 Å². The Morgan fingerprint density at radius 1 is 1.10 bits per heavy atom. The first-order valence-corrected chi connectivity index (χ1v) is 7.06. The zero-order chi connectivity index (χ0) is 15.6. The summed E-state index contributed by atoms with van der Waals surface area (Å²) in [7, 11) is 1.76. The lowest BCUT2D eigenvalue weighted by molar-refractivity contribution is 0.0992. The highest BCUT2D eigenvalue weighted by molar-refractivity contribution is 7.80. The van der Waals surface area contributed by atoms with Gasteiger partial charge in [-0.1, -0.05) is 29.9 Å². The maximum absolute atomic E-state index is 12.6. The zero-order valence-electron chi connectivity index (χ0n) is 12.4. The molecule has 2 aromatic carbocycles. The average Bonchev–Trinajstić information content (AvgIpc) is 2.46. The predicted octanol–water partition coefficient (Wildman–Crippen LogP) is 3.21. The van der Waals surface area contributed by atoms with E-state index in [9.17, 15) is 4.79 Å². The Hall–Kier alpha value is -2.20. The Morgan fingerprint density at radius 2 is 1.71 bits per heavy atom. The molecular formula is C17H18N2OS. The Balaban J connectivity index is 2.28. The van der Waals surface area contributed by atoms with Crippen LogP contribution >= 0.6 is 12.2 Å². The minimum Gasteiger partial charge on any atom is -0.389 e. The summed E-state index contributed by atoms with van der Waals surface area (Å²) < 4.78 is 0. The molecule has 3 nitrogen and oxygen atoms in total. The summed E-state index contributed by atoms with van der Waals surface area (Å²) in [5, 5.41) is 0. The quantitative estimate of drug-likeness (QED) is 0.885. The van der Waals surface area contributed by atoms with Gasteiger partial charge in [0.2, 0.25) is 0 Å². The number of benzene rings is 2. The van der Waals surface area contributed by atoms with Crippen LogP contribution in [0.25, 0.3) is 0 Å². The molecule has 0 fully saturated rings. The van der Waals surface area contributed by atoms with Gasteiger partial charge in [0.25, 0.3) is 5.91 Å². The molecule has 2 rings (SSSR count). The van der Waals surface area contributed by atoms with Crippen LogP contribution in [0.5, 0.6) is 0 Å². The SMILES string of the molecule is Cc1ccc(C(=O)N(C)c2ccc(C(N)=S)cc2)c(C)c1. The number of carbonyl (C=O) groups is 1. The third kappa shape index (κ3) is 3.28. The Morgan fingerprint density at radius 3 is 2.24 bits per heavy atom. The first-order valence-electron chi connectivity index (χ1n) is 6.65. The first-order chi connectivity index (χ1) is 9.90. The number of amides is 1. The molecule has 0 aliphatic heterocycles. The number of carbonyl (C=O) groups excluding carboxylic acids is 1. The largest absolute Gasteiger partial charge is 0.389 e. The highest BCUT2D eigenvalue weighted by atomic mass is 32.1. The summed E-state index contributed by atoms with van der Waals surface area (Å²) in [5.41, 5.74) is 10.0. The molecule has 0 aliphatic carbocycles. The van der Waals surface area contributed by atoms with Crippen molar-refractivity contribution >= 4 is 28.8 Å². The van der Waals surface area contributed by atoms with E-state index in [2.05, 4.69) is 0 Å². The van der Waals surface area contributed by atoms with Crippen molar-refractivity contribution in [3.05, 3.63) is 64.7 Å². The van der Waals surface area contributed by atoms with Gasteiger partial charge in [-0.3, -0.25) is 4.79 Å². The fraction of sp³-hybridized carbons (Fsp3) is 0.176. The van der Waals surface area contributed by atoms with Crippen LogP contribution in [-0.4, -0.2) is 17.9 Å². The predicted molar refractivity (Wildman–Crippen MR) is 91.0 cm³/mol. The van der Waals surface area contributed by atoms with Gasteiger partial charge in [0.1, 0.15) is 4.99 Å². The van der Waals surface area contributed by atoms with Crippen molar-refractivity contribution in [2.75, 3.05) is 11.9 Å². The van der Waals surface area contributed by atoms with Gasteiger partial charge >= 0.3 is 0 Å². The molecule has 1 amide bonds. The maximum atomic E-state index is 12.6. The van der Waals surface area contributed by atoms with E-state index in [1.807, 2.05) is 56.3 Å². The van der Waals surface area contributed by atoms with Gasteiger partial charge in [-0.15, -0.1) is 0 Å². The van der Waals surface area contributed by atoms with Crippen LogP contribution in [0.1, 0.15) is 27.0 Å². The Kier molecular flexibility index (Phi) is 4.38. The number of nitrogens with two attached hydrogens (primary N) is 1. The Labute approximate surface area is 130 Å². The monoisotopic (exact) mass is 298 g/mol. The minimum absolute atomic E-state index is 0.0319. The summed E-state index contributed by atoms with van der Waals surface area (Å²) in [4.78, 5) is 14.5. The fourth-order valence-corrected chi connectivity index (χ4v) is 2.34. The molecule has 0 aromatic heterocycles. The molecule has 0 unspecified atom stereocenters. The second-order valence-electron chi connectivity index (χ2n) is 5.09. The average molecular weight is 298 g/mol. The smallest absolute Gasteiger partial charge is 0.258 e. The lowest BCUT2D eigenvalue weighted by atomic mass is 10.0. The van der Waals surface area contributed by atoms with Crippen molar-refractivity contribution < 1.29 is 4.79 Å². The van der Waals surface area contributed by atoms with Crippen LogP contribution in [0.2, 0.25) is 0 Å². The number of anilines is 1. The van der Waals surface area contributed by atoms with Gasteiger partial charge in [0.15, 0.2) is 0 Å². The summed E-state index contributed by atoms with van der Waals surface area (Å²) in [6.45, 7) is 3.96. The van der Waals surface area contributed by atoms with Crippen LogP contribution in [0, 0.1) is 13.8 Å². The van der Waals surface area contributed by atoms with E-state index in [1.165, 1.54) is 0 Å². The molecule has 0 radical (unpaired) electrons. The normalized spacial score (nSPS) is 10.2. The van der Waals surface area contributed by atoms with Gasteiger partial charge in [0.05, 0.1) is 0 Å². The highest BCUT2D eigenvalue weighted by Gasteiger charge is 2.15. The summed E-state index contributed by atoms with van der Waals surface area (Å²) >= 11 is 4.93. The summed E-state index contributed by atoms with van der Waals surface area (Å²) in [6.07, 6.45) is 0. The van der Waals surface area contributed by atoms with E-state index in [0.717, 1.165) is 22.4 Å². The van der Waals surface area contributed by atoms with E-state index in [0.29, 0.717) is 10.6 Å². The van der Waals surface area contributed by atoms with Crippen molar-refractivity contribution in [1.82, 2.24) is 0 Å². The molecule has 0 aliphatic rings. The molecule has 2 N–H and O–H groups in total. The number of thiocarbonyl (C=S) groups is 1. The molecule has 0 heterocycles. The molecule has 21 heavy (non-hydrogen) atoms. The number of aryl methyl sites for hydroxylation is 2. The number of rotatable bonds is 3. The van der Waals surface area contributed by atoms with Crippen LogP contribution in [-0.2, 0) is 0 Å². The highest BCUT2D eigenvalue weighted by Crippen LogP contribution is 2.19. The molecule has 0 bridgehead atoms. The van der Waals surface area contributed by atoms with E-state index in [-0.39, 0.29) is 5.91 Å². The number of hydrogen-bond donors (Lipinski definition) is 1. The Bertz CT molecular complexity index is 692. The van der Waals surface area contributed by atoms with Crippen molar-refractivity contribution in [3.8, 4) is 0 Å². The van der Waals surface area contributed by atoms with Crippen molar-refractivity contribution in [2.45, 2.75) is 13.8 Å². The van der Waals surface area contributed by atoms with Crippen LogP contribution in [0.4, 0.5) is 5.69 Å². The molecule has 0 atom stereocenters. The molecule has 108 valence electrons. The summed E-state index contributed by atoms with van der Waals surface area (Å²) in [5.74, 6) is -0.0319. The molecule has 0 spiro atoms. The lowest BCUT2D eigenvalue weighted by Gasteiger charge is -2.19. The standard InChI is InChI=1S/C17H18N2OS/c1-11-4-9-15(12(2)10-11)17(20)19(3)14-7-5-13(6-8-14)16(18)21/h4-10H,1-3H3,(H2,18,21). The van der Waals surface area contributed by atoms with E-state index in [1.54, 1.807) is 11.9 Å². The number of nitrogens with zero attached hydrogens (tertiary/aromatic N) is 1. The van der Waals surface area contributed by atoms with Gasteiger partial charge in [-0.25, -0.2) is 0 Å². The third-order valence-electron chi connectivity index (χ3n) is 3.46. The summed E-state index contributed by atoms with van der Waals surface area (Å²) in [6, 6.07) is 13.2. The van der Waals surface area contributed by atoms with Crippen LogP contribution in [0.15, 0.2) is 42.5 Å². The topological polar surface area (TPSA) is 46.3 Å². The lowest BCUT2D eigenvalue weighted by Crippen LogP contribution is -2.27. The maximum Gasteiger partial charge on any atom is 0.258 e. The van der Waals surface area contributed by atoms with Gasteiger partial charge < -0.3 is 10.6 Å². The van der Waals surface area contributed by atoms with Gasteiger partial charge in [-0.05, 0) is 49.7 Å². The molecule has 4 heteroatoms.